The molecule has 1 aliphatic rings. The van der Waals surface area contributed by atoms with Crippen LogP contribution in [0, 0.1) is 0 Å². The van der Waals surface area contributed by atoms with Crippen LogP contribution in [0.25, 0.3) is 0 Å². The van der Waals surface area contributed by atoms with Crippen molar-refractivity contribution in [3.63, 3.8) is 0 Å². The Bertz CT molecular complexity index is 815. The number of aromatic nitrogens is 2. The van der Waals surface area contributed by atoms with Crippen molar-refractivity contribution in [2.24, 2.45) is 0 Å². The van der Waals surface area contributed by atoms with Gasteiger partial charge < -0.3 is 19.5 Å². The van der Waals surface area contributed by atoms with E-state index in [0.717, 1.165) is 17.7 Å². The van der Waals surface area contributed by atoms with E-state index in [1.165, 1.54) is 0 Å². The highest BCUT2D eigenvalue weighted by molar-refractivity contribution is 6.05. The maximum absolute atomic E-state index is 13.2. The second-order valence-electron chi connectivity index (χ2n) is 6.61. The minimum absolute atomic E-state index is 0.0417. The number of carbonyl (C=O) groups is 1. The van der Waals surface area contributed by atoms with Crippen LogP contribution in [-0.4, -0.2) is 62.5 Å². The third-order valence-corrected chi connectivity index (χ3v) is 4.41. The van der Waals surface area contributed by atoms with Gasteiger partial charge in [0.25, 0.3) is 5.91 Å². The summed E-state index contributed by atoms with van der Waals surface area (Å²) in [5.41, 5.74) is 1.65. The second-order valence-corrected chi connectivity index (χ2v) is 6.61. The quantitative estimate of drug-likeness (QED) is 0.707. The summed E-state index contributed by atoms with van der Waals surface area (Å²) < 4.78 is 15.9. The van der Waals surface area contributed by atoms with Crippen LogP contribution < -0.4 is 15.0 Å². The molecule has 0 saturated heterocycles. The lowest BCUT2D eigenvalue weighted by atomic mass is 10.1. The van der Waals surface area contributed by atoms with Crippen LogP contribution in [0.4, 0.5) is 11.8 Å². The van der Waals surface area contributed by atoms with E-state index in [-0.39, 0.29) is 11.9 Å². The molecule has 0 radical (unpaired) electrons. The summed E-state index contributed by atoms with van der Waals surface area (Å²) >= 11 is 0. The Labute approximate surface area is 164 Å². The topological polar surface area (TPSA) is 85.8 Å². The first-order chi connectivity index (χ1) is 13.6. The van der Waals surface area contributed by atoms with Crippen LogP contribution in [0.5, 0.6) is 5.75 Å². The van der Waals surface area contributed by atoms with Crippen LogP contribution in [0.2, 0.25) is 0 Å². The molecular weight excluding hydrogens is 360 g/mol. The monoisotopic (exact) mass is 386 g/mol. The maximum Gasteiger partial charge on any atom is 0.259 e. The normalized spacial score (nSPS) is 13.5. The molecular formula is C20H26N4O4. The fraction of sp³-hybridized carbons (Fsp3) is 0.450. The van der Waals surface area contributed by atoms with E-state index in [1.807, 2.05) is 19.1 Å². The summed E-state index contributed by atoms with van der Waals surface area (Å²) in [7, 11) is 3.25. The average molecular weight is 386 g/mol. The smallest absolute Gasteiger partial charge is 0.259 e. The Morgan fingerprint density at radius 2 is 2.18 bits per heavy atom. The van der Waals surface area contributed by atoms with Gasteiger partial charge in [-0.05, 0) is 36.8 Å². The average Bonchev–Trinajstić information content (AvgIpc) is 3.16. The molecule has 1 amide bonds. The van der Waals surface area contributed by atoms with Gasteiger partial charge in [-0.15, -0.1) is 0 Å². The van der Waals surface area contributed by atoms with Crippen molar-refractivity contribution >= 4 is 17.7 Å². The van der Waals surface area contributed by atoms with Gasteiger partial charge >= 0.3 is 0 Å². The molecule has 1 aromatic heterocycles. The minimum Gasteiger partial charge on any atom is -0.493 e. The number of nitrogens with zero attached hydrogens (tertiary/aromatic N) is 3. The summed E-state index contributed by atoms with van der Waals surface area (Å²) in [5, 5.41) is 3.17. The number of hydrogen-bond donors (Lipinski definition) is 1. The van der Waals surface area contributed by atoms with Crippen molar-refractivity contribution < 1.29 is 19.0 Å². The third-order valence-electron chi connectivity index (χ3n) is 4.41. The number of hydrogen-bond acceptors (Lipinski definition) is 7. The van der Waals surface area contributed by atoms with Crippen molar-refractivity contribution in [1.29, 1.82) is 0 Å². The van der Waals surface area contributed by atoms with Crippen LogP contribution in [0.15, 0.2) is 30.5 Å². The molecule has 0 spiro atoms. The van der Waals surface area contributed by atoms with Crippen LogP contribution >= 0.6 is 0 Å². The maximum atomic E-state index is 13.2. The lowest BCUT2D eigenvalue weighted by Gasteiger charge is -2.22. The molecule has 3 rings (SSSR count). The molecule has 8 nitrogen and oxygen atoms in total. The van der Waals surface area contributed by atoms with Crippen molar-refractivity contribution in [3.05, 3.63) is 41.6 Å². The minimum atomic E-state index is -0.138. The van der Waals surface area contributed by atoms with Crippen molar-refractivity contribution in [1.82, 2.24) is 9.97 Å². The van der Waals surface area contributed by atoms with Gasteiger partial charge in [0.05, 0.1) is 26.4 Å². The summed E-state index contributed by atoms with van der Waals surface area (Å²) in [6.07, 6.45) is 2.45. The zero-order valence-corrected chi connectivity index (χ0v) is 16.5. The van der Waals surface area contributed by atoms with Gasteiger partial charge in [0.15, 0.2) is 0 Å². The summed E-state index contributed by atoms with van der Waals surface area (Å²) in [5.74, 6) is 1.67. The van der Waals surface area contributed by atoms with Gasteiger partial charge in [0.1, 0.15) is 11.6 Å². The number of benzene rings is 1. The van der Waals surface area contributed by atoms with Gasteiger partial charge in [-0.2, -0.15) is 4.98 Å². The highest BCUT2D eigenvalue weighted by atomic mass is 16.5. The first-order valence-electron chi connectivity index (χ1n) is 9.27. The standard InChI is InChI=1S/C20H26N4O4/c1-14(13-27-3)22-20-21-8-6-18(23-20)24(9-11-26-2)19(25)16-4-5-17-15(12-16)7-10-28-17/h4-6,8,12,14H,7,9-11,13H2,1-3H3,(H,21,22,23)/t14-/m0/s1. The van der Waals surface area contributed by atoms with E-state index in [0.29, 0.717) is 43.7 Å². The van der Waals surface area contributed by atoms with E-state index in [1.54, 1.807) is 37.4 Å². The molecule has 0 aliphatic carbocycles. The molecule has 0 saturated carbocycles. The van der Waals surface area contributed by atoms with Crippen molar-refractivity contribution in [2.45, 2.75) is 19.4 Å². The third kappa shape index (κ3) is 4.76. The summed E-state index contributed by atoms with van der Waals surface area (Å²) in [6.45, 7) is 3.93. The molecule has 28 heavy (non-hydrogen) atoms. The number of anilines is 2. The van der Waals surface area contributed by atoms with E-state index in [2.05, 4.69) is 15.3 Å². The van der Waals surface area contributed by atoms with Crippen LogP contribution in [0.3, 0.4) is 0 Å². The molecule has 8 heteroatoms. The molecule has 1 atom stereocenters. The molecule has 2 aromatic rings. The summed E-state index contributed by atoms with van der Waals surface area (Å²) in [4.78, 5) is 23.6. The number of methoxy groups -OCH3 is 2. The molecule has 2 heterocycles. The van der Waals surface area contributed by atoms with E-state index >= 15 is 0 Å². The SMILES string of the molecule is COCCN(C(=O)c1ccc2c(c1)CCO2)c1ccnc(N[C@@H](C)COC)n1. The highest BCUT2D eigenvalue weighted by Crippen LogP contribution is 2.27. The zero-order chi connectivity index (χ0) is 19.9. The van der Waals surface area contributed by atoms with E-state index < -0.39 is 0 Å². The molecule has 0 unspecified atom stereocenters. The molecule has 1 aromatic carbocycles. The molecule has 0 fully saturated rings. The number of ether oxygens (including phenoxy) is 3. The summed E-state index contributed by atoms with van der Waals surface area (Å²) in [6, 6.07) is 7.29. The van der Waals surface area contributed by atoms with Crippen molar-refractivity contribution in [3.8, 4) is 5.75 Å². The van der Waals surface area contributed by atoms with Gasteiger partial charge in [-0.3, -0.25) is 9.69 Å². The van der Waals surface area contributed by atoms with Gasteiger partial charge in [-0.1, -0.05) is 0 Å². The first-order valence-corrected chi connectivity index (χ1v) is 9.27. The number of fused-ring (bicyclic) bond motifs is 1. The number of nitrogens with one attached hydrogen (secondary N) is 1. The van der Waals surface area contributed by atoms with Gasteiger partial charge in [0.2, 0.25) is 5.95 Å². The van der Waals surface area contributed by atoms with E-state index in [9.17, 15) is 4.79 Å². The number of carbonyl (C=O) groups excluding carboxylic acids is 1. The van der Waals surface area contributed by atoms with Crippen LogP contribution in [-0.2, 0) is 15.9 Å². The molecule has 150 valence electrons. The molecule has 1 aliphatic heterocycles. The molecule has 0 bridgehead atoms. The predicted octanol–water partition coefficient (Wildman–Crippen LogP) is 2.15. The van der Waals surface area contributed by atoms with Gasteiger partial charge in [-0.25, -0.2) is 4.98 Å². The highest BCUT2D eigenvalue weighted by Gasteiger charge is 2.22. The molecule has 1 N–H and O–H groups in total. The first kappa shape index (κ1) is 20.0. The Hall–Kier alpha value is -2.71. The Morgan fingerprint density at radius 1 is 1.32 bits per heavy atom. The fourth-order valence-corrected chi connectivity index (χ4v) is 3.06. The lowest BCUT2D eigenvalue weighted by molar-refractivity contribution is 0.0975. The second kappa shape index (κ2) is 9.48. The van der Waals surface area contributed by atoms with Crippen molar-refractivity contribution in [2.75, 3.05) is 50.8 Å². The predicted molar refractivity (Wildman–Crippen MR) is 106 cm³/mol. The van der Waals surface area contributed by atoms with Gasteiger partial charge in [0, 0.05) is 38.4 Å². The lowest BCUT2D eigenvalue weighted by Crippen LogP contribution is -2.35. The largest absolute Gasteiger partial charge is 0.493 e. The Kier molecular flexibility index (Phi) is 6.78. The number of amides is 1. The Balaban J connectivity index is 1.84. The Morgan fingerprint density at radius 3 is 2.96 bits per heavy atom. The van der Waals surface area contributed by atoms with E-state index in [4.69, 9.17) is 14.2 Å². The zero-order valence-electron chi connectivity index (χ0n) is 16.5. The number of rotatable bonds is 9. The van der Waals surface area contributed by atoms with Crippen LogP contribution in [0.1, 0.15) is 22.8 Å². The fourth-order valence-electron chi connectivity index (χ4n) is 3.06.